The van der Waals surface area contributed by atoms with Crippen LogP contribution in [0.2, 0.25) is 0 Å². The van der Waals surface area contributed by atoms with E-state index < -0.39 is 6.09 Å². The number of halogens is 1. The van der Waals surface area contributed by atoms with E-state index in [1.807, 2.05) is 0 Å². The van der Waals surface area contributed by atoms with Crippen molar-refractivity contribution >= 4 is 23.6 Å². The van der Waals surface area contributed by atoms with Crippen molar-refractivity contribution in [3.05, 3.63) is 71.7 Å². The maximum absolute atomic E-state index is 13.1. The number of nitrogens with one attached hydrogen (secondary N) is 1. The Hall–Kier alpha value is -4.01. The summed E-state index contributed by atoms with van der Waals surface area (Å²) in [6.07, 6.45) is 1.49. The average molecular weight is 423 g/mol. The number of amides is 3. The number of ether oxygens (including phenoxy) is 1. The molecule has 0 spiro atoms. The van der Waals surface area contributed by atoms with E-state index in [2.05, 4.69) is 15.2 Å². The zero-order chi connectivity index (χ0) is 21.8. The van der Waals surface area contributed by atoms with Crippen molar-refractivity contribution in [3.8, 4) is 11.3 Å². The second-order valence-electron chi connectivity index (χ2n) is 6.97. The molecule has 8 nitrogen and oxygen atoms in total. The third-order valence-corrected chi connectivity index (χ3v) is 4.79. The zero-order valence-electron chi connectivity index (χ0n) is 16.3. The fourth-order valence-corrected chi connectivity index (χ4v) is 3.16. The minimum atomic E-state index is -0.656. The number of cyclic esters (lactones) is 1. The van der Waals surface area contributed by atoms with E-state index in [1.165, 1.54) is 12.1 Å². The van der Waals surface area contributed by atoms with E-state index in [4.69, 9.17) is 4.52 Å². The Balaban J connectivity index is 1.32. The van der Waals surface area contributed by atoms with Crippen LogP contribution >= 0.6 is 0 Å². The molecule has 2 heterocycles. The lowest BCUT2D eigenvalue weighted by molar-refractivity contribution is -0.126. The molecule has 1 N–H and O–H groups in total. The molecule has 31 heavy (non-hydrogen) atoms. The van der Waals surface area contributed by atoms with Crippen LogP contribution < -0.4 is 5.32 Å². The number of carbonyl (C=O) groups is 3. The molecule has 0 bridgehead atoms. The number of benzene rings is 2. The number of hydrogen-bond acceptors (Lipinski definition) is 6. The summed E-state index contributed by atoms with van der Waals surface area (Å²) in [6.45, 7) is -0.117. The molecule has 2 aromatic carbocycles. The Bertz CT molecular complexity index is 1090. The van der Waals surface area contributed by atoms with Crippen molar-refractivity contribution in [2.75, 3.05) is 11.9 Å². The zero-order valence-corrected chi connectivity index (χ0v) is 16.3. The number of aromatic nitrogens is 1. The highest BCUT2D eigenvalue weighted by Gasteiger charge is 2.30. The summed E-state index contributed by atoms with van der Waals surface area (Å²) < 4.78 is 23.1. The lowest BCUT2D eigenvalue weighted by Gasteiger charge is -2.11. The molecule has 3 amide bonds. The predicted molar refractivity (Wildman–Crippen MR) is 107 cm³/mol. The Labute approximate surface area is 176 Å². The largest absolute Gasteiger partial charge is 0.439 e. The first-order chi connectivity index (χ1) is 15.0. The van der Waals surface area contributed by atoms with Gasteiger partial charge in [0.2, 0.25) is 5.91 Å². The molecule has 0 unspecified atom stereocenters. The van der Waals surface area contributed by atoms with E-state index in [0.29, 0.717) is 23.4 Å². The van der Waals surface area contributed by atoms with Gasteiger partial charge in [-0.15, -0.1) is 0 Å². The summed E-state index contributed by atoms with van der Waals surface area (Å²) in [7, 11) is 0. The molecular weight excluding hydrogens is 405 g/mol. The Morgan fingerprint density at radius 2 is 1.84 bits per heavy atom. The van der Waals surface area contributed by atoms with Crippen LogP contribution in [0.25, 0.3) is 11.3 Å². The number of anilines is 1. The van der Waals surface area contributed by atoms with Crippen LogP contribution in [0.1, 0.15) is 17.5 Å². The highest BCUT2D eigenvalue weighted by atomic mass is 19.1. The normalized spacial score (nSPS) is 13.4. The molecule has 1 aliphatic heterocycles. The van der Waals surface area contributed by atoms with Gasteiger partial charge >= 0.3 is 6.09 Å². The molecule has 0 aliphatic carbocycles. The van der Waals surface area contributed by atoms with Crippen LogP contribution in [0.3, 0.4) is 0 Å². The fraction of sp³-hybridized carbons (Fsp3) is 0.182. The SMILES string of the molecule is O=C(CCc1cnoc1-c1ccc(F)cc1)Nc1ccc(CN2C(=O)COC2=O)cc1. The topological polar surface area (TPSA) is 102 Å². The first-order valence-electron chi connectivity index (χ1n) is 9.55. The summed E-state index contributed by atoms with van der Waals surface area (Å²) in [5, 5.41) is 6.58. The molecule has 1 aromatic heterocycles. The number of carbonyl (C=O) groups excluding carboxylic acids is 3. The number of hydrogen-bond donors (Lipinski definition) is 1. The van der Waals surface area contributed by atoms with Crippen molar-refractivity contribution < 1.29 is 28.0 Å². The van der Waals surface area contributed by atoms with Crippen molar-refractivity contribution in [1.29, 1.82) is 0 Å². The van der Waals surface area contributed by atoms with Crippen molar-refractivity contribution in [1.82, 2.24) is 10.1 Å². The maximum atomic E-state index is 13.1. The molecule has 1 saturated heterocycles. The molecule has 0 radical (unpaired) electrons. The molecule has 0 saturated carbocycles. The predicted octanol–water partition coefficient (Wildman–Crippen LogP) is 3.53. The molecule has 1 aliphatic rings. The van der Waals surface area contributed by atoms with E-state index >= 15 is 0 Å². The third-order valence-electron chi connectivity index (χ3n) is 4.79. The fourth-order valence-electron chi connectivity index (χ4n) is 3.16. The second kappa shape index (κ2) is 8.78. The Morgan fingerprint density at radius 1 is 1.10 bits per heavy atom. The Morgan fingerprint density at radius 3 is 2.52 bits per heavy atom. The quantitative estimate of drug-likeness (QED) is 0.624. The standard InChI is InChI=1S/C22H18FN3O5/c23-17-6-3-15(4-7-17)21-16(11-24-31-21)5-10-19(27)25-18-8-1-14(2-9-18)12-26-20(28)13-30-22(26)29/h1-4,6-9,11H,5,10,12-13H2,(H,25,27). The first kappa shape index (κ1) is 20.3. The summed E-state index contributed by atoms with van der Waals surface area (Å²) >= 11 is 0. The van der Waals surface area contributed by atoms with E-state index in [-0.39, 0.29) is 37.2 Å². The van der Waals surface area contributed by atoms with Crippen molar-refractivity contribution in [2.24, 2.45) is 0 Å². The molecular formula is C22H18FN3O5. The third kappa shape index (κ3) is 4.77. The van der Waals surface area contributed by atoms with Crippen LogP contribution in [0.5, 0.6) is 0 Å². The minimum Gasteiger partial charge on any atom is -0.439 e. The van der Waals surface area contributed by atoms with Gasteiger partial charge in [-0.05, 0) is 48.4 Å². The molecule has 9 heteroatoms. The van der Waals surface area contributed by atoms with Crippen molar-refractivity contribution in [3.63, 3.8) is 0 Å². The molecule has 4 rings (SSSR count). The molecule has 0 atom stereocenters. The smallest absolute Gasteiger partial charge is 0.417 e. The van der Waals surface area contributed by atoms with Gasteiger partial charge in [-0.1, -0.05) is 17.3 Å². The van der Waals surface area contributed by atoms with Crippen LogP contribution in [-0.2, 0) is 27.3 Å². The number of nitrogens with zero attached hydrogens (tertiary/aromatic N) is 2. The molecule has 3 aromatic rings. The van der Waals surface area contributed by atoms with Gasteiger partial charge in [0.1, 0.15) is 5.82 Å². The lowest BCUT2D eigenvalue weighted by Crippen LogP contribution is -2.28. The summed E-state index contributed by atoms with van der Waals surface area (Å²) in [5.74, 6) is -0.414. The van der Waals surface area contributed by atoms with Gasteiger partial charge in [0.05, 0.1) is 12.7 Å². The maximum Gasteiger partial charge on any atom is 0.417 e. The number of rotatable bonds is 7. The molecule has 158 valence electrons. The highest BCUT2D eigenvalue weighted by Crippen LogP contribution is 2.25. The van der Waals surface area contributed by atoms with E-state index in [0.717, 1.165) is 16.0 Å². The minimum absolute atomic E-state index is 0.117. The Kier molecular flexibility index (Phi) is 5.74. The van der Waals surface area contributed by atoms with Gasteiger partial charge in [-0.2, -0.15) is 0 Å². The van der Waals surface area contributed by atoms with Gasteiger partial charge < -0.3 is 14.6 Å². The van der Waals surface area contributed by atoms with Crippen LogP contribution in [-0.4, -0.2) is 34.6 Å². The molecule has 1 fully saturated rings. The van der Waals surface area contributed by atoms with Crippen molar-refractivity contribution in [2.45, 2.75) is 19.4 Å². The van der Waals surface area contributed by atoms with Crippen LogP contribution in [0, 0.1) is 5.82 Å². The number of aryl methyl sites for hydroxylation is 1. The van der Waals surface area contributed by atoms with Gasteiger partial charge in [0.15, 0.2) is 12.4 Å². The summed E-state index contributed by atoms with van der Waals surface area (Å²) in [4.78, 5) is 36.5. The monoisotopic (exact) mass is 423 g/mol. The van der Waals surface area contributed by atoms with E-state index in [9.17, 15) is 18.8 Å². The van der Waals surface area contributed by atoms with Crippen LogP contribution in [0.15, 0.2) is 59.3 Å². The van der Waals surface area contributed by atoms with Gasteiger partial charge in [-0.25, -0.2) is 14.1 Å². The summed E-state index contributed by atoms with van der Waals surface area (Å²) in [5.41, 5.74) is 2.76. The van der Waals surface area contributed by atoms with Gasteiger partial charge in [0.25, 0.3) is 5.91 Å². The van der Waals surface area contributed by atoms with Crippen LogP contribution in [0.4, 0.5) is 14.9 Å². The highest BCUT2D eigenvalue weighted by molar-refractivity contribution is 5.97. The first-order valence-corrected chi connectivity index (χ1v) is 9.55. The second-order valence-corrected chi connectivity index (χ2v) is 6.97. The average Bonchev–Trinajstić information content (AvgIpc) is 3.36. The van der Waals surface area contributed by atoms with E-state index in [1.54, 1.807) is 42.6 Å². The lowest BCUT2D eigenvalue weighted by atomic mass is 10.1. The number of imide groups is 1. The van der Waals surface area contributed by atoms with Gasteiger partial charge in [0, 0.05) is 23.2 Å². The van der Waals surface area contributed by atoms with Gasteiger partial charge in [-0.3, -0.25) is 9.59 Å². The summed E-state index contributed by atoms with van der Waals surface area (Å²) in [6, 6.07) is 12.7.